The fourth-order valence-corrected chi connectivity index (χ4v) is 5.35. The molecule has 4 aromatic carbocycles. The van der Waals surface area contributed by atoms with Gasteiger partial charge in [-0.05, 0) is 76.1 Å². The largest absolute Gasteiger partial charge is 0.485 e. The van der Waals surface area contributed by atoms with E-state index < -0.39 is 20.2 Å². The number of ether oxygens (including phenoxy) is 1. The zero-order valence-corrected chi connectivity index (χ0v) is 24.5. The Labute approximate surface area is 236 Å². The Bertz CT molecular complexity index is 1700. The van der Waals surface area contributed by atoms with Gasteiger partial charge < -0.3 is 13.1 Å². The topological polar surface area (TPSA) is 96.0 Å². The molecule has 4 rings (SSSR count). The lowest BCUT2D eigenvalue weighted by Crippen LogP contribution is -2.08. The minimum Gasteiger partial charge on any atom is -0.485 e. The van der Waals surface area contributed by atoms with Crippen LogP contribution in [0.1, 0.15) is 30.5 Å². The first-order valence-electron chi connectivity index (χ1n) is 12.8. The minimum absolute atomic E-state index is 0.126. The summed E-state index contributed by atoms with van der Waals surface area (Å²) in [6.45, 7) is 4.39. The van der Waals surface area contributed by atoms with Crippen molar-refractivity contribution in [2.24, 2.45) is 0 Å². The Kier molecular flexibility index (Phi) is 8.85. The summed E-state index contributed by atoms with van der Waals surface area (Å²) in [7, 11) is -7.40. The lowest BCUT2D eigenvalue weighted by atomic mass is 9.89. The standard InChI is InChI=1S/C31H32O7S2/c1-5-23-19-29(24(6-2)18-28(23)25-12-15-27(16-13-25)37-39(3,32)33)26-14-17-30(31(20-26)38-40(4,34)35)36-21-22-10-8-7-9-11-22/h7-20H,5-6,21H2,1-4H3. The maximum Gasteiger partial charge on any atom is 0.306 e. The highest BCUT2D eigenvalue weighted by Crippen LogP contribution is 2.38. The van der Waals surface area contributed by atoms with E-state index in [9.17, 15) is 16.8 Å². The summed E-state index contributed by atoms with van der Waals surface area (Å²) in [5, 5.41) is 0. The van der Waals surface area contributed by atoms with Gasteiger partial charge in [0, 0.05) is 0 Å². The molecule has 0 saturated heterocycles. The summed E-state index contributed by atoms with van der Waals surface area (Å²) in [5.74, 6) is 0.714. The molecule has 0 bridgehead atoms. The van der Waals surface area contributed by atoms with Gasteiger partial charge in [-0.15, -0.1) is 0 Å². The molecule has 0 amide bonds. The Hall–Kier alpha value is -3.82. The fraction of sp³-hybridized carbons (Fsp3) is 0.226. The second-order valence-electron chi connectivity index (χ2n) is 9.41. The van der Waals surface area contributed by atoms with E-state index in [2.05, 4.69) is 26.0 Å². The lowest BCUT2D eigenvalue weighted by Gasteiger charge is -2.18. The number of hydrogen-bond acceptors (Lipinski definition) is 7. The van der Waals surface area contributed by atoms with Gasteiger partial charge >= 0.3 is 20.2 Å². The third kappa shape index (κ3) is 7.64. The highest BCUT2D eigenvalue weighted by Gasteiger charge is 2.17. The van der Waals surface area contributed by atoms with Gasteiger partial charge in [-0.25, -0.2) is 0 Å². The molecule has 9 heteroatoms. The predicted molar refractivity (Wildman–Crippen MR) is 158 cm³/mol. The molecule has 0 fully saturated rings. The van der Waals surface area contributed by atoms with Gasteiger partial charge in [0.15, 0.2) is 11.5 Å². The van der Waals surface area contributed by atoms with E-state index in [-0.39, 0.29) is 18.1 Å². The lowest BCUT2D eigenvalue weighted by molar-refractivity contribution is 0.296. The van der Waals surface area contributed by atoms with Crippen molar-refractivity contribution in [3.8, 4) is 39.5 Å². The number of rotatable bonds is 11. The average Bonchev–Trinajstić information content (AvgIpc) is 2.91. The van der Waals surface area contributed by atoms with Gasteiger partial charge in [-0.3, -0.25) is 0 Å². The van der Waals surface area contributed by atoms with Crippen molar-refractivity contribution in [2.75, 3.05) is 12.5 Å². The van der Waals surface area contributed by atoms with Gasteiger partial charge in [0.25, 0.3) is 0 Å². The third-order valence-corrected chi connectivity index (χ3v) is 7.21. The maximum atomic E-state index is 12.1. The average molecular weight is 581 g/mol. The van der Waals surface area contributed by atoms with Crippen LogP contribution in [0.4, 0.5) is 0 Å². The van der Waals surface area contributed by atoms with Crippen LogP contribution < -0.4 is 13.1 Å². The predicted octanol–water partition coefficient (Wildman–Crippen LogP) is 6.40. The zero-order valence-electron chi connectivity index (χ0n) is 22.9. The van der Waals surface area contributed by atoms with E-state index in [1.165, 1.54) is 0 Å². The van der Waals surface area contributed by atoms with E-state index in [0.717, 1.165) is 64.3 Å². The molecule has 0 atom stereocenters. The molecule has 0 aliphatic rings. The normalized spacial score (nSPS) is 11.7. The van der Waals surface area contributed by atoms with Gasteiger partial charge in [-0.2, -0.15) is 16.8 Å². The number of hydrogen-bond donors (Lipinski definition) is 0. The molecule has 0 aliphatic carbocycles. The quantitative estimate of drug-likeness (QED) is 0.189. The third-order valence-electron chi connectivity index (χ3n) is 6.24. The summed E-state index contributed by atoms with van der Waals surface area (Å²) in [4.78, 5) is 0. The van der Waals surface area contributed by atoms with Crippen molar-refractivity contribution in [3.63, 3.8) is 0 Å². The molecule has 0 spiro atoms. The van der Waals surface area contributed by atoms with Crippen LogP contribution in [0.2, 0.25) is 0 Å². The molecular formula is C31H32O7S2. The number of aryl methyl sites for hydroxylation is 2. The summed E-state index contributed by atoms with van der Waals surface area (Å²) in [5.41, 5.74) is 6.83. The molecule has 0 aromatic heterocycles. The summed E-state index contributed by atoms with van der Waals surface area (Å²) in [6.07, 6.45) is 3.50. The summed E-state index contributed by atoms with van der Waals surface area (Å²) in [6, 6.07) is 26.1. The monoisotopic (exact) mass is 580 g/mol. The van der Waals surface area contributed by atoms with Gasteiger partial charge in [-0.1, -0.05) is 74.5 Å². The van der Waals surface area contributed by atoms with Crippen LogP contribution in [0.5, 0.6) is 17.2 Å². The number of benzene rings is 4. The first-order chi connectivity index (χ1) is 19.0. The molecule has 0 radical (unpaired) electrons. The van der Waals surface area contributed by atoms with Crippen LogP contribution in [0.15, 0.2) is 84.9 Å². The molecule has 0 N–H and O–H groups in total. The molecule has 0 unspecified atom stereocenters. The van der Waals surface area contributed by atoms with Crippen LogP contribution in [0.25, 0.3) is 22.3 Å². The summed E-state index contributed by atoms with van der Waals surface area (Å²) < 4.78 is 63.3. The van der Waals surface area contributed by atoms with Gasteiger partial charge in [0.2, 0.25) is 0 Å². The van der Waals surface area contributed by atoms with Crippen molar-refractivity contribution in [2.45, 2.75) is 33.3 Å². The SMILES string of the molecule is CCc1cc(-c2ccc(OCc3ccccc3)c(OS(C)(=O)=O)c2)c(CC)cc1-c1ccc(OS(C)(=O)=O)cc1. The Morgan fingerprint density at radius 3 is 1.70 bits per heavy atom. The van der Waals surface area contributed by atoms with Gasteiger partial charge in [0.1, 0.15) is 12.4 Å². The Morgan fingerprint density at radius 1 is 0.600 bits per heavy atom. The molecule has 7 nitrogen and oxygen atoms in total. The van der Waals surface area contributed by atoms with Crippen molar-refractivity contribution < 1.29 is 29.9 Å². The van der Waals surface area contributed by atoms with Crippen LogP contribution in [0, 0.1) is 0 Å². The first-order valence-corrected chi connectivity index (χ1v) is 16.5. The van der Waals surface area contributed by atoms with Crippen molar-refractivity contribution in [1.29, 1.82) is 0 Å². The zero-order chi connectivity index (χ0) is 28.9. The van der Waals surface area contributed by atoms with Crippen LogP contribution in [-0.4, -0.2) is 29.3 Å². The molecule has 4 aromatic rings. The second kappa shape index (κ2) is 12.1. The van der Waals surface area contributed by atoms with Crippen LogP contribution in [0.3, 0.4) is 0 Å². The van der Waals surface area contributed by atoms with E-state index in [1.54, 1.807) is 24.3 Å². The Morgan fingerprint density at radius 2 is 1.15 bits per heavy atom. The summed E-state index contributed by atoms with van der Waals surface area (Å²) >= 11 is 0. The first kappa shape index (κ1) is 29.2. The minimum atomic E-state index is -3.80. The van der Waals surface area contributed by atoms with Crippen molar-refractivity contribution in [3.05, 3.63) is 102 Å². The molecular weight excluding hydrogens is 548 g/mol. The van der Waals surface area contributed by atoms with E-state index in [4.69, 9.17) is 13.1 Å². The molecule has 0 aliphatic heterocycles. The second-order valence-corrected chi connectivity index (χ2v) is 12.6. The smallest absolute Gasteiger partial charge is 0.306 e. The molecule has 40 heavy (non-hydrogen) atoms. The highest BCUT2D eigenvalue weighted by atomic mass is 32.2. The van der Waals surface area contributed by atoms with Crippen LogP contribution in [-0.2, 0) is 39.7 Å². The van der Waals surface area contributed by atoms with Crippen LogP contribution >= 0.6 is 0 Å². The van der Waals surface area contributed by atoms with E-state index in [0.29, 0.717) is 5.75 Å². The van der Waals surface area contributed by atoms with Crippen molar-refractivity contribution in [1.82, 2.24) is 0 Å². The maximum absolute atomic E-state index is 12.1. The molecule has 210 valence electrons. The van der Waals surface area contributed by atoms with Crippen molar-refractivity contribution >= 4 is 20.2 Å². The fourth-order valence-electron chi connectivity index (χ4n) is 4.44. The van der Waals surface area contributed by atoms with E-state index >= 15 is 0 Å². The van der Waals surface area contributed by atoms with Gasteiger partial charge in [0.05, 0.1) is 12.5 Å². The van der Waals surface area contributed by atoms with E-state index in [1.807, 2.05) is 48.5 Å². The molecule has 0 heterocycles. The highest BCUT2D eigenvalue weighted by molar-refractivity contribution is 7.86. The Balaban J connectivity index is 1.73. The molecule has 0 saturated carbocycles.